The summed E-state index contributed by atoms with van der Waals surface area (Å²) in [6, 6.07) is 4.56. The fourth-order valence-corrected chi connectivity index (χ4v) is 6.55. The molecule has 0 unspecified atom stereocenters. The number of carbonyl (C=O) groups is 1. The molecular formula is C26H35N5O6S. The lowest BCUT2D eigenvalue weighted by Crippen LogP contribution is -2.49. The van der Waals surface area contributed by atoms with Crippen molar-refractivity contribution in [3.8, 4) is 17.1 Å². The number of carbonyl (C=O) groups excluding carboxylic acids is 1. The molecule has 206 valence electrons. The molecule has 3 heterocycles. The van der Waals surface area contributed by atoms with Crippen molar-refractivity contribution in [1.82, 2.24) is 23.7 Å². The van der Waals surface area contributed by atoms with E-state index in [0.717, 1.165) is 6.42 Å². The number of sulfonamides is 1. The maximum Gasteiger partial charge on any atom is 0.275 e. The molecule has 4 rings (SSSR count). The second-order valence-corrected chi connectivity index (χ2v) is 11.3. The first-order valence-corrected chi connectivity index (χ1v) is 14.3. The van der Waals surface area contributed by atoms with Gasteiger partial charge >= 0.3 is 0 Å². The van der Waals surface area contributed by atoms with Crippen LogP contribution in [0.3, 0.4) is 0 Å². The van der Waals surface area contributed by atoms with E-state index in [1.54, 1.807) is 17.7 Å². The Morgan fingerprint density at radius 2 is 1.89 bits per heavy atom. The maximum atomic E-state index is 13.5. The van der Waals surface area contributed by atoms with E-state index in [9.17, 15) is 23.1 Å². The molecule has 0 amide bonds. The second kappa shape index (κ2) is 11.4. The number of hydrogen-bond donors (Lipinski definition) is 2. The fourth-order valence-electron chi connectivity index (χ4n) is 5.10. The Morgan fingerprint density at radius 1 is 1.18 bits per heavy atom. The number of rotatable bonds is 10. The number of aromatic nitrogens is 3. The lowest BCUT2D eigenvalue weighted by atomic mass is 10.1. The number of ketones is 1. The number of benzene rings is 1. The average Bonchev–Trinajstić information content (AvgIpc) is 3.17. The molecule has 1 aromatic carbocycles. The molecule has 3 aromatic rings. The zero-order valence-electron chi connectivity index (χ0n) is 22.3. The first kappa shape index (κ1) is 28.0. The number of ether oxygens (including phenoxy) is 1. The van der Waals surface area contributed by atoms with Crippen molar-refractivity contribution in [2.45, 2.75) is 38.5 Å². The minimum absolute atomic E-state index is 0.0276. The topological polar surface area (TPSA) is 138 Å². The van der Waals surface area contributed by atoms with Gasteiger partial charge in [-0.15, -0.1) is 0 Å². The zero-order chi connectivity index (χ0) is 27.6. The van der Waals surface area contributed by atoms with Crippen LogP contribution in [-0.2, 0) is 23.5 Å². The molecule has 1 fully saturated rings. The number of fused-ring (bicyclic) bond motifs is 1. The van der Waals surface area contributed by atoms with Gasteiger partial charge < -0.3 is 19.4 Å². The van der Waals surface area contributed by atoms with Crippen LogP contribution in [0.1, 0.15) is 43.2 Å². The van der Waals surface area contributed by atoms with Gasteiger partial charge in [0.15, 0.2) is 5.78 Å². The van der Waals surface area contributed by atoms with Gasteiger partial charge in [0.05, 0.1) is 29.4 Å². The van der Waals surface area contributed by atoms with Gasteiger partial charge in [0.1, 0.15) is 22.6 Å². The van der Waals surface area contributed by atoms with Gasteiger partial charge in [-0.2, -0.15) is 4.31 Å². The van der Waals surface area contributed by atoms with Gasteiger partial charge in [-0.1, -0.05) is 13.3 Å². The Balaban J connectivity index is 1.84. The number of aliphatic hydroxyl groups excluding tert-OH is 1. The van der Waals surface area contributed by atoms with E-state index in [4.69, 9.17) is 9.72 Å². The van der Waals surface area contributed by atoms with Crippen LogP contribution >= 0.6 is 0 Å². The summed E-state index contributed by atoms with van der Waals surface area (Å²) in [5.74, 6) is 0.410. The molecule has 0 spiro atoms. The minimum atomic E-state index is -3.83. The van der Waals surface area contributed by atoms with Gasteiger partial charge in [0.25, 0.3) is 5.56 Å². The molecule has 12 heteroatoms. The van der Waals surface area contributed by atoms with Crippen LogP contribution in [0.4, 0.5) is 0 Å². The molecular weight excluding hydrogens is 510 g/mol. The monoisotopic (exact) mass is 545 g/mol. The normalized spacial score (nSPS) is 15.3. The third-order valence-corrected chi connectivity index (χ3v) is 8.76. The van der Waals surface area contributed by atoms with E-state index in [2.05, 4.69) is 4.98 Å². The van der Waals surface area contributed by atoms with Crippen LogP contribution in [-0.4, -0.2) is 89.0 Å². The first-order chi connectivity index (χ1) is 18.1. The van der Waals surface area contributed by atoms with Crippen molar-refractivity contribution in [2.75, 3.05) is 45.9 Å². The summed E-state index contributed by atoms with van der Waals surface area (Å²) < 4.78 is 35.9. The highest BCUT2D eigenvalue weighted by molar-refractivity contribution is 7.89. The number of Topliss-reactive ketones (excluding diaryl/α,β-unsaturated/α-hetero) is 1. The van der Waals surface area contributed by atoms with Gasteiger partial charge in [-0.05, 0) is 31.5 Å². The number of β-amino-alcohol motifs (C(OH)–C–C–N with tert-alkyl or cyclic N) is 1. The fraction of sp³-hybridized carbons (Fsp3) is 0.500. The molecule has 38 heavy (non-hydrogen) atoms. The smallest absolute Gasteiger partial charge is 0.275 e. The third-order valence-electron chi connectivity index (χ3n) is 6.86. The number of aryl methyl sites for hydroxylation is 2. The highest BCUT2D eigenvalue weighted by Crippen LogP contribution is 2.33. The number of hydrogen-bond acceptors (Lipinski definition) is 8. The quantitative estimate of drug-likeness (QED) is 0.368. The average molecular weight is 546 g/mol. The van der Waals surface area contributed by atoms with Crippen molar-refractivity contribution < 1.29 is 23.1 Å². The summed E-state index contributed by atoms with van der Waals surface area (Å²) in [6.07, 6.45) is 1.32. The van der Waals surface area contributed by atoms with Crippen molar-refractivity contribution in [2.24, 2.45) is 7.05 Å². The van der Waals surface area contributed by atoms with Crippen LogP contribution in [0.2, 0.25) is 0 Å². The molecule has 1 aliphatic rings. The van der Waals surface area contributed by atoms with Crippen LogP contribution in [0.5, 0.6) is 5.75 Å². The molecule has 1 saturated heterocycles. The summed E-state index contributed by atoms with van der Waals surface area (Å²) in [5, 5.41) is 9.17. The molecule has 0 bridgehead atoms. The molecule has 0 radical (unpaired) electrons. The summed E-state index contributed by atoms with van der Waals surface area (Å²) in [5.41, 5.74) is 1.79. The SMILES string of the molecule is CCCc1c(C(C)=O)n(C)c2c(=O)[nH]c(-c3cc(S(=O)(=O)N4CCN(CCO)CC4)ccc3OCC)nc12. The van der Waals surface area contributed by atoms with E-state index in [0.29, 0.717) is 79.4 Å². The van der Waals surface area contributed by atoms with Crippen LogP contribution in [0.15, 0.2) is 27.9 Å². The third kappa shape index (κ3) is 5.13. The van der Waals surface area contributed by atoms with E-state index < -0.39 is 15.6 Å². The number of piperazine rings is 1. The Labute approximate surface area is 222 Å². The Morgan fingerprint density at radius 3 is 2.50 bits per heavy atom. The lowest BCUT2D eigenvalue weighted by Gasteiger charge is -2.33. The minimum Gasteiger partial charge on any atom is -0.493 e. The lowest BCUT2D eigenvalue weighted by molar-refractivity contribution is 0.100. The predicted octanol–water partition coefficient (Wildman–Crippen LogP) is 1.78. The molecule has 1 aliphatic heterocycles. The van der Waals surface area contributed by atoms with Crippen LogP contribution < -0.4 is 10.3 Å². The number of nitrogens with one attached hydrogen (secondary N) is 1. The predicted molar refractivity (Wildman–Crippen MR) is 144 cm³/mol. The first-order valence-electron chi connectivity index (χ1n) is 12.9. The number of H-pyrrole nitrogens is 1. The summed E-state index contributed by atoms with van der Waals surface area (Å²) in [7, 11) is -2.15. The largest absolute Gasteiger partial charge is 0.493 e. The number of aliphatic hydroxyl groups is 1. The van der Waals surface area contributed by atoms with E-state index in [1.807, 2.05) is 18.7 Å². The highest BCUT2D eigenvalue weighted by Gasteiger charge is 2.30. The van der Waals surface area contributed by atoms with Gasteiger partial charge in [-0.3, -0.25) is 14.5 Å². The summed E-state index contributed by atoms with van der Waals surface area (Å²) >= 11 is 0. The van der Waals surface area contributed by atoms with E-state index in [1.165, 1.54) is 23.4 Å². The number of aromatic amines is 1. The maximum absolute atomic E-state index is 13.5. The van der Waals surface area contributed by atoms with Crippen molar-refractivity contribution >= 4 is 26.8 Å². The van der Waals surface area contributed by atoms with E-state index >= 15 is 0 Å². The second-order valence-electron chi connectivity index (χ2n) is 9.36. The zero-order valence-corrected chi connectivity index (χ0v) is 23.1. The van der Waals surface area contributed by atoms with Crippen molar-refractivity contribution in [3.05, 3.63) is 39.8 Å². The van der Waals surface area contributed by atoms with Crippen LogP contribution in [0, 0.1) is 0 Å². The molecule has 0 atom stereocenters. The van der Waals surface area contributed by atoms with Crippen molar-refractivity contribution in [1.29, 1.82) is 0 Å². The summed E-state index contributed by atoms with van der Waals surface area (Å²) in [4.78, 5) is 35.3. The molecule has 11 nitrogen and oxygen atoms in total. The Kier molecular flexibility index (Phi) is 8.36. The van der Waals surface area contributed by atoms with Crippen LogP contribution in [0.25, 0.3) is 22.4 Å². The summed E-state index contributed by atoms with van der Waals surface area (Å²) in [6.45, 7) is 7.82. The van der Waals surface area contributed by atoms with Crippen molar-refractivity contribution in [3.63, 3.8) is 0 Å². The Bertz CT molecular complexity index is 1500. The van der Waals surface area contributed by atoms with Gasteiger partial charge in [0.2, 0.25) is 10.0 Å². The highest BCUT2D eigenvalue weighted by atomic mass is 32.2. The molecule has 2 aromatic heterocycles. The van der Waals surface area contributed by atoms with E-state index in [-0.39, 0.29) is 23.1 Å². The van der Waals surface area contributed by atoms with Gasteiger partial charge in [-0.25, -0.2) is 13.4 Å². The Hall–Kier alpha value is -3.06. The molecule has 2 N–H and O–H groups in total. The molecule has 0 saturated carbocycles. The standard InChI is InChI=1S/C26H35N5O6S/c1-5-7-19-22-24(29(4)23(19)17(3)33)26(34)28-25(27-22)20-16-18(8-9-21(20)37-6-2)38(35,36)31-12-10-30(11-13-31)14-15-32/h8-9,16,32H,5-7,10-15H2,1-4H3,(H,27,28,34). The molecule has 0 aliphatic carbocycles. The number of nitrogens with zero attached hydrogens (tertiary/aromatic N) is 4. The van der Waals surface area contributed by atoms with Gasteiger partial charge in [0, 0.05) is 52.3 Å².